The summed E-state index contributed by atoms with van der Waals surface area (Å²) in [6.45, 7) is 0. The molecular weight excluding hydrogens is 304 g/mol. The maximum atomic E-state index is 10.7. The van der Waals surface area contributed by atoms with Crippen LogP contribution in [0.3, 0.4) is 0 Å². The zero-order valence-corrected chi connectivity index (χ0v) is 9.13. The predicted octanol–water partition coefficient (Wildman–Crippen LogP) is 2.51. The first kappa shape index (κ1) is 10.3. The highest BCUT2D eigenvalue weighted by atomic mass is 127. The summed E-state index contributed by atoms with van der Waals surface area (Å²) in [5.74, 6) is -1.11. The molecule has 0 radical (unpaired) electrons. The van der Waals surface area contributed by atoms with Gasteiger partial charge in [0.2, 0.25) is 0 Å². The lowest BCUT2D eigenvalue weighted by atomic mass is 10.1. The van der Waals surface area contributed by atoms with Crippen LogP contribution in [0.1, 0.15) is 15.9 Å². The van der Waals surface area contributed by atoms with Crippen molar-refractivity contribution in [2.75, 3.05) is 0 Å². The number of hydrogen-bond acceptors (Lipinski definition) is 2. The Labute approximate surface area is 93.1 Å². The van der Waals surface area contributed by atoms with Crippen molar-refractivity contribution in [2.45, 2.75) is 0 Å². The number of carboxylic acid groups (broad SMARTS) is 1. The molecule has 0 fully saturated rings. The Morgan fingerprint density at radius 1 is 1.62 bits per heavy atom. The third kappa shape index (κ3) is 2.11. The summed E-state index contributed by atoms with van der Waals surface area (Å²) in [7, 11) is 0. The van der Waals surface area contributed by atoms with Crippen molar-refractivity contribution in [2.24, 2.45) is 0 Å². The van der Waals surface area contributed by atoms with Gasteiger partial charge in [-0.3, -0.25) is 0 Å². The molecule has 0 heterocycles. The quantitative estimate of drug-likeness (QED) is 0.811. The second-order valence-electron chi connectivity index (χ2n) is 2.23. The van der Waals surface area contributed by atoms with Gasteiger partial charge in [-0.15, -0.1) is 0 Å². The Kier molecular flexibility index (Phi) is 3.12. The number of hydrogen-bond donors (Lipinski definition) is 1. The number of carboxylic acids is 1. The number of carbonyl (C=O) groups is 1. The van der Waals surface area contributed by atoms with Crippen LogP contribution in [0.25, 0.3) is 0 Å². The lowest BCUT2D eigenvalue weighted by molar-refractivity contribution is 0.0695. The molecule has 0 aromatic heterocycles. The van der Waals surface area contributed by atoms with Gasteiger partial charge in [0.1, 0.15) is 6.07 Å². The molecule has 13 heavy (non-hydrogen) atoms. The molecule has 0 spiro atoms. The molecular formula is C8H3ClINO2. The van der Waals surface area contributed by atoms with Crippen LogP contribution in [0.4, 0.5) is 0 Å². The van der Waals surface area contributed by atoms with E-state index in [1.54, 1.807) is 6.07 Å². The van der Waals surface area contributed by atoms with E-state index in [9.17, 15) is 4.79 Å². The van der Waals surface area contributed by atoms with E-state index in [0.29, 0.717) is 8.59 Å². The second kappa shape index (κ2) is 3.94. The normalized spacial score (nSPS) is 9.31. The van der Waals surface area contributed by atoms with Crippen LogP contribution in [0.2, 0.25) is 5.02 Å². The third-order valence-electron chi connectivity index (χ3n) is 1.39. The van der Waals surface area contributed by atoms with E-state index in [2.05, 4.69) is 0 Å². The van der Waals surface area contributed by atoms with Gasteiger partial charge in [-0.1, -0.05) is 11.6 Å². The van der Waals surface area contributed by atoms with Crippen molar-refractivity contribution in [1.82, 2.24) is 0 Å². The number of nitrogens with zero attached hydrogens (tertiary/aromatic N) is 1. The SMILES string of the molecule is N#Cc1cc(Cl)cc(I)c1C(=O)O. The minimum atomic E-state index is -1.11. The molecule has 0 aliphatic carbocycles. The van der Waals surface area contributed by atoms with Crippen molar-refractivity contribution >= 4 is 40.2 Å². The first-order valence-corrected chi connectivity index (χ1v) is 4.64. The van der Waals surface area contributed by atoms with Crippen molar-refractivity contribution in [3.05, 3.63) is 31.9 Å². The number of rotatable bonds is 1. The van der Waals surface area contributed by atoms with Crippen LogP contribution in [0.15, 0.2) is 12.1 Å². The number of halogens is 2. The van der Waals surface area contributed by atoms with Gasteiger partial charge in [-0.05, 0) is 34.7 Å². The molecule has 3 nitrogen and oxygen atoms in total. The standard InChI is InChI=1S/C8H3ClINO2/c9-5-1-4(3-11)7(8(12)13)6(10)2-5/h1-2H,(H,12,13). The Morgan fingerprint density at radius 2 is 2.23 bits per heavy atom. The van der Waals surface area contributed by atoms with Crippen molar-refractivity contribution in [3.8, 4) is 6.07 Å². The summed E-state index contributed by atoms with van der Waals surface area (Å²) < 4.78 is 0.467. The highest BCUT2D eigenvalue weighted by molar-refractivity contribution is 14.1. The average Bonchev–Trinajstić information content (AvgIpc) is 2.01. The van der Waals surface area contributed by atoms with Crippen LogP contribution in [-0.4, -0.2) is 11.1 Å². The maximum Gasteiger partial charge on any atom is 0.338 e. The van der Waals surface area contributed by atoms with E-state index in [1.807, 2.05) is 22.6 Å². The molecule has 0 aliphatic rings. The van der Waals surface area contributed by atoms with Crippen molar-refractivity contribution < 1.29 is 9.90 Å². The van der Waals surface area contributed by atoms with Crippen LogP contribution in [0, 0.1) is 14.9 Å². The Morgan fingerprint density at radius 3 is 2.69 bits per heavy atom. The van der Waals surface area contributed by atoms with Crippen LogP contribution < -0.4 is 0 Å². The van der Waals surface area contributed by atoms with Gasteiger partial charge in [0, 0.05) is 8.59 Å². The molecule has 0 atom stereocenters. The minimum Gasteiger partial charge on any atom is -0.478 e. The van der Waals surface area contributed by atoms with Gasteiger partial charge in [-0.2, -0.15) is 5.26 Å². The smallest absolute Gasteiger partial charge is 0.338 e. The van der Waals surface area contributed by atoms with E-state index in [0.717, 1.165) is 0 Å². The van der Waals surface area contributed by atoms with Gasteiger partial charge in [0.15, 0.2) is 0 Å². The molecule has 0 unspecified atom stereocenters. The van der Waals surface area contributed by atoms with E-state index in [4.69, 9.17) is 22.0 Å². The molecule has 0 saturated carbocycles. The Bertz CT molecular complexity index is 411. The second-order valence-corrected chi connectivity index (χ2v) is 3.83. The van der Waals surface area contributed by atoms with Crippen molar-refractivity contribution in [3.63, 3.8) is 0 Å². The first-order chi connectivity index (χ1) is 6.06. The summed E-state index contributed by atoms with van der Waals surface area (Å²) in [6, 6.07) is 4.64. The molecule has 1 aromatic carbocycles. The van der Waals surface area contributed by atoms with Gasteiger partial charge in [-0.25, -0.2) is 4.79 Å². The molecule has 0 amide bonds. The van der Waals surface area contributed by atoms with Gasteiger partial charge >= 0.3 is 5.97 Å². The number of aromatic carboxylic acids is 1. The van der Waals surface area contributed by atoms with Crippen LogP contribution in [0.5, 0.6) is 0 Å². The van der Waals surface area contributed by atoms with E-state index < -0.39 is 5.97 Å². The fourth-order valence-corrected chi connectivity index (χ4v) is 2.14. The third-order valence-corrected chi connectivity index (χ3v) is 2.46. The summed E-state index contributed by atoms with van der Waals surface area (Å²) in [5, 5.41) is 17.8. The van der Waals surface area contributed by atoms with E-state index in [1.165, 1.54) is 12.1 Å². The summed E-state index contributed by atoms with van der Waals surface area (Å²) >= 11 is 7.49. The van der Waals surface area contributed by atoms with Gasteiger partial charge in [0.25, 0.3) is 0 Å². The zero-order chi connectivity index (χ0) is 10.0. The molecule has 0 aliphatic heterocycles. The highest BCUT2D eigenvalue weighted by Gasteiger charge is 2.14. The average molecular weight is 307 g/mol. The molecule has 0 saturated heterocycles. The summed E-state index contributed by atoms with van der Waals surface area (Å²) in [4.78, 5) is 10.7. The van der Waals surface area contributed by atoms with Crippen molar-refractivity contribution in [1.29, 1.82) is 5.26 Å². The molecule has 1 N–H and O–H groups in total. The summed E-state index contributed by atoms with van der Waals surface area (Å²) in [5.41, 5.74) is 0.0944. The Balaban J connectivity index is 3.50. The monoisotopic (exact) mass is 307 g/mol. The number of benzene rings is 1. The van der Waals surface area contributed by atoms with E-state index in [-0.39, 0.29) is 11.1 Å². The molecule has 1 aromatic rings. The predicted molar refractivity (Wildman–Crippen MR) is 55.8 cm³/mol. The highest BCUT2D eigenvalue weighted by Crippen LogP contribution is 2.22. The first-order valence-electron chi connectivity index (χ1n) is 3.18. The van der Waals surface area contributed by atoms with E-state index >= 15 is 0 Å². The van der Waals surface area contributed by atoms with Crippen LogP contribution >= 0.6 is 34.2 Å². The van der Waals surface area contributed by atoms with Crippen LogP contribution in [-0.2, 0) is 0 Å². The lowest BCUT2D eigenvalue weighted by Gasteiger charge is -2.01. The topological polar surface area (TPSA) is 61.1 Å². The Hall–Kier alpha value is -0.800. The number of nitriles is 1. The molecule has 66 valence electrons. The fourth-order valence-electron chi connectivity index (χ4n) is 0.879. The largest absolute Gasteiger partial charge is 0.478 e. The molecule has 0 bridgehead atoms. The molecule has 1 rings (SSSR count). The maximum absolute atomic E-state index is 10.7. The summed E-state index contributed by atoms with van der Waals surface area (Å²) in [6.07, 6.45) is 0. The van der Waals surface area contributed by atoms with Gasteiger partial charge < -0.3 is 5.11 Å². The lowest BCUT2D eigenvalue weighted by Crippen LogP contribution is -2.03. The minimum absolute atomic E-state index is 0.00694. The zero-order valence-electron chi connectivity index (χ0n) is 6.21. The fraction of sp³-hybridized carbons (Fsp3) is 0. The van der Waals surface area contributed by atoms with Gasteiger partial charge in [0.05, 0.1) is 11.1 Å². The molecule has 5 heteroatoms.